The van der Waals surface area contributed by atoms with Gasteiger partial charge in [0.05, 0.1) is 16.4 Å². The zero-order chi connectivity index (χ0) is 11.5. The van der Waals surface area contributed by atoms with Crippen LogP contribution in [0.15, 0.2) is 30.6 Å². The number of aromatic nitrogens is 2. The van der Waals surface area contributed by atoms with Gasteiger partial charge < -0.3 is 10.4 Å². The van der Waals surface area contributed by atoms with Crippen LogP contribution in [0, 0.1) is 6.92 Å². The number of benzene rings is 1. The van der Waals surface area contributed by atoms with Gasteiger partial charge in [-0.2, -0.15) is 0 Å². The van der Waals surface area contributed by atoms with Crippen molar-refractivity contribution in [2.24, 2.45) is 0 Å². The maximum Gasteiger partial charge on any atom is 0.180 e. The Morgan fingerprint density at radius 1 is 1.25 bits per heavy atom. The molecule has 0 amide bonds. The molecule has 16 heavy (non-hydrogen) atoms. The van der Waals surface area contributed by atoms with Gasteiger partial charge in [-0.15, -0.1) is 0 Å². The van der Waals surface area contributed by atoms with Gasteiger partial charge in [-0.25, -0.2) is 9.97 Å². The summed E-state index contributed by atoms with van der Waals surface area (Å²) in [5.41, 5.74) is 1.21. The van der Waals surface area contributed by atoms with E-state index in [0.717, 1.165) is 0 Å². The molecule has 0 saturated carbocycles. The van der Waals surface area contributed by atoms with Crippen LogP contribution in [0.4, 0.5) is 11.5 Å². The predicted molar refractivity (Wildman–Crippen MR) is 63.2 cm³/mol. The largest absolute Gasteiger partial charge is 0.503 e. The maximum absolute atomic E-state index is 9.72. The van der Waals surface area contributed by atoms with Gasteiger partial charge >= 0.3 is 0 Å². The Morgan fingerprint density at radius 3 is 2.75 bits per heavy atom. The van der Waals surface area contributed by atoms with Crippen molar-refractivity contribution < 1.29 is 5.11 Å². The van der Waals surface area contributed by atoms with Crippen molar-refractivity contribution >= 4 is 23.1 Å². The average Bonchev–Trinajstić information content (AvgIpc) is 2.28. The topological polar surface area (TPSA) is 58.0 Å². The first-order valence-corrected chi connectivity index (χ1v) is 5.08. The first kappa shape index (κ1) is 10.7. The number of aromatic hydroxyl groups is 1. The van der Waals surface area contributed by atoms with E-state index in [9.17, 15) is 5.11 Å². The first-order chi connectivity index (χ1) is 7.68. The zero-order valence-corrected chi connectivity index (χ0v) is 9.36. The first-order valence-electron chi connectivity index (χ1n) is 4.70. The highest BCUT2D eigenvalue weighted by Gasteiger charge is 2.07. The lowest BCUT2D eigenvalue weighted by atomic mass is 10.3. The fraction of sp³-hybridized carbons (Fsp3) is 0.0909. The van der Waals surface area contributed by atoms with E-state index in [1.54, 1.807) is 19.1 Å². The van der Waals surface area contributed by atoms with Crippen LogP contribution in [0.1, 0.15) is 5.69 Å². The van der Waals surface area contributed by atoms with Gasteiger partial charge in [0.2, 0.25) is 0 Å². The molecule has 0 fully saturated rings. The van der Waals surface area contributed by atoms with Gasteiger partial charge in [-0.3, -0.25) is 0 Å². The van der Waals surface area contributed by atoms with Crippen molar-refractivity contribution in [3.63, 3.8) is 0 Å². The van der Waals surface area contributed by atoms with Crippen molar-refractivity contribution in [2.75, 3.05) is 5.32 Å². The maximum atomic E-state index is 9.72. The normalized spacial score (nSPS) is 10.1. The number of aryl methyl sites for hydroxylation is 1. The molecule has 1 heterocycles. The molecule has 0 aliphatic rings. The molecule has 1 aromatic heterocycles. The highest BCUT2D eigenvalue weighted by molar-refractivity contribution is 6.33. The molecule has 82 valence electrons. The molecule has 0 atom stereocenters. The molecule has 5 heteroatoms. The summed E-state index contributed by atoms with van der Waals surface area (Å²) in [6.07, 6.45) is 1.38. The summed E-state index contributed by atoms with van der Waals surface area (Å²) in [6.45, 7) is 1.70. The number of halogens is 1. The molecule has 2 N–H and O–H groups in total. The van der Waals surface area contributed by atoms with Crippen LogP contribution in [0.5, 0.6) is 5.75 Å². The third-order valence-corrected chi connectivity index (χ3v) is 2.46. The summed E-state index contributed by atoms with van der Waals surface area (Å²) in [5.74, 6) is 0.378. The minimum absolute atomic E-state index is 0.0300. The van der Waals surface area contributed by atoms with E-state index in [4.69, 9.17) is 11.6 Å². The van der Waals surface area contributed by atoms with E-state index < -0.39 is 0 Å². The average molecular weight is 236 g/mol. The van der Waals surface area contributed by atoms with Crippen LogP contribution in [0.3, 0.4) is 0 Å². The lowest BCUT2D eigenvalue weighted by Gasteiger charge is -2.09. The Kier molecular flexibility index (Phi) is 2.92. The van der Waals surface area contributed by atoms with Gasteiger partial charge in [0.15, 0.2) is 11.6 Å². The minimum atomic E-state index is 0.0300. The quantitative estimate of drug-likeness (QED) is 0.840. The summed E-state index contributed by atoms with van der Waals surface area (Å²) in [4.78, 5) is 7.81. The van der Waals surface area contributed by atoms with Gasteiger partial charge in [0, 0.05) is 0 Å². The summed E-state index contributed by atoms with van der Waals surface area (Å²) >= 11 is 5.98. The summed E-state index contributed by atoms with van der Waals surface area (Å²) < 4.78 is 0. The van der Waals surface area contributed by atoms with Crippen LogP contribution in [-0.2, 0) is 0 Å². The van der Waals surface area contributed by atoms with E-state index in [-0.39, 0.29) is 5.75 Å². The second-order valence-electron chi connectivity index (χ2n) is 3.26. The molecule has 1 aromatic carbocycles. The van der Waals surface area contributed by atoms with Crippen molar-refractivity contribution in [1.82, 2.24) is 9.97 Å². The third-order valence-electron chi connectivity index (χ3n) is 2.13. The molecule has 2 aromatic rings. The van der Waals surface area contributed by atoms with Crippen molar-refractivity contribution in [3.05, 3.63) is 41.3 Å². The van der Waals surface area contributed by atoms with Gasteiger partial charge in [0.1, 0.15) is 6.33 Å². The fourth-order valence-corrected chi connectivity index (χ4v) is 1.43. The van der Waals surface area contributed by atoms with Crippen molar-refractivity contribution in [2.45, 2.75) is 6.92 Å². The van der Waals surface area contributed by atoms with Crippen LogP contribution < -0.4 is 5.32 Å². The second kappa shape index (κ2) is 4.37. The molecule has 2 rings (SSSR count). The molecule has 0 bridgehead atoms. The van der Waals surface area contributed by atoms with E-state index in [1.165, 1.54) is 6.33 Å². The van der Waals surface area contributed by atoms with Crippen molar-refractivity contribution in [1.29, 1.82) is 0 Å². The Morgan fingerprint density at radius 2 is 2.00 bits per heavy atom. The van der Waals surface area contributed by atoms with E-state index in [2.05, 4.69) is 15.3 Å². The number of para-hydroxylation sites is 1. The molecule has 0 radical (unpaired) electrons. The predicted octanol–water partition coefficient (Wildman–Crippen LogP) is 2.89. The van der Waals surface area contributed by atoms with E-state index in [1.807, 2.05) is 12.1 Å². The van der Waals surface area contributed by atoms with Crippen LogP contribution in [0.2, 0.25) is 5.02 Å². The molecule has 0 saturated heterocycles. The summed E-state index contributed by atoms with van der Waals surface area (Å²) in [6, 6.07) is 7.24. The molecule has 0 unspecified atom stereocenters. The Hall–Kier alpha value is -1.81. The number of hydrogen-bond donors (Lipinski definition) is 2. The molecular weight excluding hydrogens is 226 g/mol. The molecular formula is C11H10ClN3O. The van der Waals surface area contributed by atoms with Crippen LogP contribution >= 0.6 is 11.6 Å². The number of anilines is 2. The zero-order valence-electron chi connectivity index (χ0n) is 8.61. The second-order valence-corrected chi connectivity index (χ2v) is 3.67. The Bertz CT molecular complexity index is 516. The number of nitrogens with zero attached hydrogens (tertiary/aromatic N) is 2. The highest BCUT2D eigenvalue weighted by atomic mass is 35.5. The summed E-state index contributed by atoms with van der Waals surface area (Å²) in [7, 11) is 0. The number of hydrogen-bond acceptors (Lipinski definition) is 4. The Balaban J connectivity index is 2.35. The van der Waals surface area contributed by atoms with Gasteiger partial charge in [-0.1, -0.05) is 23.7 Å². The SMILES string of the molecule is Cc1ncnc(Nc2ccccc2Cl)c1O. The highest BCUT2D eigenvalue weighted by Crippen LogP contribution is 2.29. The van der Waals surface area contributed by atoms with E-state index in [0.29, 0.717) is 22.2 Å². The molecule has 0 aliphatic carbocycles. The summed E-state index contributed by atoms with van der Waals surface area (Å²) in [5, 5.41) is 13.2. The molecule has 4 nitrogen and oxygen atoms in total. The lowest BCUT2D eigenvalue weighted by Crippen LogP contribution is -1.97. The van der Waals surface area contributed by atoms with Crippen LogP contribution in [-0.4, -0.2) is 15.1 Å². The van der Waals surface area contributed by atoms with Gasteiger partial charge in [0.25, 0.3) is 0 Å². The Labute approximate surface area is 97.9 Å². The fourth-order valence-electron chi connectivity index (χ4n) is 1.25. The number of nitrogens with one attached hydrogen (secondary N) is 1. The smallest absolute Gasteiger partial charge is 0.180 e. The molecule has 0 aliphatic heterocycles. The monoisotopic (exact) mass is 235 g/mol. The lowest BCUT2D eigenvalue weighted by molar-refractivity contribution is 0.467. The van der Waals surface area contributed by atoms with Gasteiger partial charge in [-0.05, 0) is 19.1 Å². The molecule has 0 spiro atoms. The standard InChI is InChI=1S/C11H10ClN3O/c1-7-10(16)11(14-6-13-7)15-9-5-3-2-4-8(9)12/h2-6,16H,1H3,(H,13,14,15). The van der Waals surface area contributed by atoms with Crippen molar-refractivity contribution in [3.8, 4) is 5.75 Å². The third kappa shape index (κ3) is 2.06. The minimum Gasteiger partial charge on any atom is -0.503 e. The van der Waals surface area contributed by atoms with Crippen LogP contribution in [0.25, 0.3) is 0 Å². The van der Waals surface area contributed by atoms with E-state index >= 15 is 0 Å². The number of rotatable bonds is 2.